The second-order valence-corrected chi connectivity index (χ2v) is 6.69. The minimum Gasteiger partial charge on any atom is -0.390 e. The second kappa shape index (κ2) is 7.25. The first kappa shape index (κ1) is 17.9. The van der Waals surface area contributed by atoms with Crippen molar-refractivity contribution in [1.82, 2.24) is 15.0 Å². The Hall–Kier alpha value is -2.51. The molecule has 4 rings (SSSR count). The maximum atomic E-state index is 14.5. The van der Waals surface area contributed by atoms with E-state index < -0.39 is 11.6 Å². The van der Waals surface area contributed by atoms with E-state index in [1.165, 1.54) is 12.1 Å². The Bertz CT molecular complexity index is 1000. The van der Waals surface area contributed by atoms with Crippen LogP contribution < -0.4 is 0 Å². The van der Waals surface area contributed by atoms with E-state index in [-0.39, 0.29) is 18.1 Å². The summed E-state index contributed by atoms with van der Waals surface area (Å²) >= 11 is 0. The van der Waals surface area contributed by atoms with Gasteiger partial charge in [0.1, 0.15) is 22.8 Å². The number of ether oxygens (including phenoxy) is 1. The van der Waals surface area contributed by atoms with E-state index in [2.05, 4.69) is 15.0 Å². The molecule has 0 aliphatic carbocycles. The predicted molar refractivity (Wildman–Crippen MR) is 96.1 cm³/mol. The van der Waals surface area contributed by atoms with Crippen LogP contribution in [-0.2, 0) is 11.3 Å². The Morgan fingerprint density at radius 2 is 1.89 bits per heavy atom. The Labute approximate surface area is 155 Å². The van der Waals surface area contributed by atoms with Gasteiger partial charge in [0.15, 0.2) is 0 Å². The topological polar surface area (TPSA) is 68.1 Å². The predicted octanol–water partition coefficient (Wildman–Crippen LogP) is 3.66. The highest BCUT2D eigenvalue weighted by Crippen LogP contribution is 2.33. The van der Waals surface area contributed by atoms with Gasteiger partial charge < -0.3 is 9.84 Å². The molecule has 3 heterocycles. The number of nitrogens with zero attached hydrogens (tertiary/aromatic N) is 3. The molecule has 0 unspecified atom stereocenters. The molecule has 27 heavy (non-hydrogen) atoms. The minimum atomic E-state index is -0.708. The molecule has 0 bridgehead atoms. The van der Waals surface area contributed by atoms with Gasteiger partial charge in [-0.25, -0.2) is 23.7 Å². The standard InChI is InChI=1S/C20H19F2N3O2/c1-11-18(10-26)25-20-17(23-11)9-16(12-4-6-27-7-5-12)24-19(20)14-3-2-13(21)8-15(14)22/h2-3,8-9,12,26H,4-7,10H2,1H3. The summed E-state index contributed by atoms with van der Waals surface area (Å²) in [6.45, 7) is 2.80. The molecule has 140 valence electrons. The van der Waals surface area contributed by atoms with Crippen LogP contribution >= 0.6 is 0 Å². The van der Waals surface area contributed by atoms with Crippen LogP contribution in [0, 0.1) is 18.6 Å². The number of rotatable bonds is 3. The van der Waals surface area contributed by atoms with Crippen molar-refractivity contribution in [2.75, 3.05) is 13.2 Å². The second-order valence-electron chi connectivity index (χ2n) is 6.69. The summed E-state index contributed by atoms with van der Waals surface area (Å²) in [4.78, 5) is 13.7. The summed E-state index contributed by atoms with van der Waals surface area (Å²) in [6.07, 6.45) is 1.65. The zero-order valence-electron chi connectivity index (χ0n) is 14.9. The lowest BCUT2D eigenvalue weighted by atomic mass is 9.95. The van der Waals surface area contributed by atoms with E-state index in [1.807, 2.05) is 6.07 Å². The van der Waals surface area contributed by atoms with E-state index >= 15 is 0 Å². The largest absolute Gasteiger partial charge is 0.390 e. The first-order chi connectivity index (χ1) is 13.1. The van der Waals surface area contributed by atoms with Crippen LogP contribution in [0.1, 0.15) is 35.8 Å². The number of hydrogen-bond donors (Lipinski definition) is 1. The van der Waals surface area contributed by atoms with Crippen molar-refractivity contribution in [1.29, 1.82) is 0 Å². The third-order valence-corrected chi connectivity index (χ3v) is 4.92. The molecule has 1 aliphatic rings. The summed E-state index contributed by atoms with van der Waals surface area (Å²) in [5.41, 5.74) is 3.28. The molecular formula is C20H19F2N3O2. The van der Waals surface area contributed by atoms with Crippen molar-refractivity contribution in [3.63, 3.8) is 0 Å². The summed E-state index contributed by atoms with van der Waals surface area (Å²) in [6, 6.07) is 5.26. The molecule has 0 radical (unpaired) electrons. The lowest BCUT2D eigenvalue weighted by Crippen LogP contribution is -2.16. The Kier molecular flexibility index (Phi) is 4.80. The van der Waals surface area contributed by atoms with E-state index in [0.717, 1.165) is 24.6 Å². The van der Waals surface area contributed by atoms with Crippen LogP contribution in [0.5, 0.6) is 0 Å². The first-order valence-corrected chi connectivity index (χ1v) is 8.89. The van der Waals surface area contributed by atoms with Crippen molar-refractivity contribution in [2.24, 2.45) is 0 Å². The van der Waals surface area contributed by atoms with Gasteiger partial charge in [-0.2, -0.15) is 0 Å². The number of aliphatic hydroxyl groups excluding tert-OH is 1. The molecule has 0 amide bonds. The van der Waals surface area contributed by atoms with Gasteiger partial charge in [0.05, 0.1) is 23.5 Å². The number of pyridine rings is 1. The third kappa shape index (κ3) is 3.40. The van der Waals surface area contributed by atoms with Crippen LogP contribution in [0.3, 0.4) is 0 Å². The molecular weight excluding hydrogens is 352 g/mol. The molecule has 3 aromatic rings. The van der Waals surface area contributed by atoms with Crippen molar-refractivity contribution < 1.29 is 18.6 Å². The number of benzene rings is 1. The van der Waals surface area contributed by atoms with E-state index in [1.54, 1.807) is 6.92 Å². The lowest BCUT2D eigenvalue weighted by Gasteiger charge is -2.22. The molecule has 0 atom stereocenters. The zero-order chi connectivity index (χ0) is 19.0. The van der Waals surface area contributed by atoms with E-state index in [0.29, 0.717) is 41.3 Å². The molecule has 1 aromatic carbocycles. The van der Waals surface area contributed by atoms with Crippen molar-refractivity contribution in [2.45, 2.75) is 32.3 Å². The fourth-order valence-electron chi connectivity index (χ4n) is 3.42. The van der Waals surface area contributed by atoms with Crippen molar-refractivity contribution >= 4 is 11.0 Å². The average molecular weight is 371 g/mol. The fraction of sp³-hybridized carbons (Fsp3) is 0.350. The molecule has 1 N–H and O–H groups in total. The number of aryl methyl sites for hydroxylation is 1. The van der Waals surface area contributed by atoms with Gasteiger partial charge >= 0.3 is 0 Å². The van der Waals surface area contributed by atoms with Crippen molar-refractivity contribution in [3.05, 3.63) is 53.0 Å². The Morgan fingerprint density at radius 1 is 1.11 bits per heavy atom. The van der Waals surface area contributed by atoms with E-state index in [4.69, 9.17) is 4.74 Å². The summed E-state index contributed by atoms with van der Waals surface area (Å²) in [5.74, 6) is -1.18. The van der Waals surface area contributed by atoms with E-state index in [9.17, 15) is 13.9 Å². The lowest BCUT2D eigenvalue weighted by molar-refractivity contribution is 0.0845. The first-order valence-electron chi connectivity index (χ1n) is 8.89. The molecule has 0 saturated carbocycles. The molecule has 1 aliphatic heterocycles. The number of fused-ring (bicyclic) bond motifs is 1. The average Bonchev–Trinajstić information content (AvgIpc) is 2.67. The molecule has 1 fully saturated rings. The SMILES string of the molecule is Cc1nc2cc(C3CCOCC3)nc(-c3ccc(F)cc3F)c2nc1CO. The van der Waals surface area contributed by atoms with Gasteiger partial charge in [-0.1, -0.05) is 0 Å². The number of hydrogen-bond acceptors (Lipinski definition) is 5. The van der Waals surface area contributed by atoms with Crippen LogP contribution in [0.4, 0.5) is 8.78 Å². The Morgan fingerprint density at radius 3 is 2.59 bits per heavy atom. The third-order valence-electron chi connectivity index (χ3n) is 4.92. The molecule has 1 saturated heterocycles. The van der Waals surface area contributed by atoms with Gasteiger partial charge in [0.2, 0.25) is 0 Å². The zero-order valence-corrected chi connectivity index (χ0v) is 14.9. The van der Waals surface area contributed by atoms with Crippen LogP contribution in [0.15, 0.2) is 24.3 Å². The highest BCUT2D eigenvalue weighted by atomic mass is 19.1. The van der Waals surface area contributed by atoms with Crippen molar-refractivity contribution in [3.8, 4) is 11.3 Å². The van der Waals surface area contributed by atoms with Gasteiger partial charge in [-0.05, 0) is 38.0 Å². The number of aliphatic hydroxyl groups is 1. The number of halogens is 2. The molecule has 7 heteroatoms. The van der Waals surface area contributed by atoms with Crippen LogP contribution in [-0.4, -0.2) is 33.3 Å². The highest BCUT2D eigenvalue weighted by Gasteiger charge is 2.22. The summed E-state index contributed by atoms with van der Waals surface area (Å²) in [5, 5.41) is 9.53. The highest BCUT2D eigenvalue weighted by molar-refractivity contribution is 5.89. The summed E-state index contributed by atoms with van der Waals surface area (Å²) in [7, 11) is 0. The van der Waals surface area contributed by atoms with Crippen LogP contribution in [0.2, 0.25) is 0 Å². The fourth-order valence-corrected chi connectivity index (χ4v) is 3.42. The van der Waals surface area contributed by atoms with Gasteiger partial charge in [-0.15, -0.1) is 0 Å². The van der Waals surface area contributed by atoms with Crippen LogP contribution in [0.25, 0.3) is 22.3 Å². The maximum Gasteiger partial charge on any atom is 0.135 e. The quantitative estimate of drug-likeness (QED) is 0.761. The normalized spacial score (nSPS) is 15.4. The smallest absolute Gasteiger partial charge is 0.135 e. The molecule has 0 spiro atoms. The maximum absolute atomic E-state index is 14.5. The summed E-state index contributed by atoms with van der Waals surface area (Å²) < 4.78 is 33.3. The minimum absolute atomic E-state index is 0.164. The Balaban J connectivity index is 1.97. The van der Waals surface area contributed by atoms with Gasteiger partial charge in [0, 0.05) is 36.5 Å². The number of aromatic nitrogens is 3. The molecule has 5 nitrogen and oxygen atoms in total. The van der Waals surface area contributed by atoms with Gasteiger partial charge in [-0.3, -0.25) is 0 Å². The monoisotopic (exact) mass is 371 g/mol. The van der Waals surface area contributed by atoms with Gasteiger partial charge in [0.25, 0.3) is 0 Å². The molecule has 2 aromatic heterocycles.